The van der Waals surface area contributed by atoms with Crippen LogP contribution in [0.3, 0.4) is 0 Å². The van der Waals surface area contributed by atoms with E-state index in [1.165, 1.54) is 18.2 Å². The summed E-state index contributed by atoms with van der Waals surface area (Å²) in [6.07, 6.45) is -4.78. The standard InChI is InChI=1S/C15H19F3N2O2/c1-4-20(10-11(2)3)14(21)9-19-12-7-5-6-8-13(12)22-15(16,17)18/h5-8,19H,2,4,9-10H2,1,3H3. The Hall–Kier alpha value is -2.18. The number of nitrogens with one attached hydrogen (secondary N) is 1. The lowest BCUT2D eigenvalue weighted by molar-refractivity contribution is -0.274. The number of para-hydroxylation sites is 2. The molecule has 1 N–H and O–H groups in total. The average Bonchev–Trinajstić information content (AvgIpc) is 2.41. The molecule has 7 heteroatoms. The van der Waals surface area contributed by atoms with Crippen LogP contribution in [0.25, 0.3) is 0 Å². The molecule has 0 fully saturated rings. The first-order chi connectivity index (χ1) is 10.2. The lowest BCUT2D eigenvalue weighted by Crippen LogP contribution is -2.36. The lowest BCUT2D eigenvalue weighted by Gasteiger charge is -2.22. The molecule has 0 spiro atoms. The molecule has 1 amide bonds. The third kappa shape index (κ3) is 6.07. The van der Waals surface area contributed by atoms with Gasteiger partial charge in [0.05, 0.1) is 12.2 Å². The molecule has 122 valence electrons. The van der Waals surface area contributed by atoms with Gasteiger partial charge in [-0.2, -0.15) is 0 Å². The number of nitrogens with zero attached hydrogens (tertiary/aromatic N) is 1. The van der Waals surface area contributed by atoms with E-state index in [2.05, 4.69) is 16.6 Å². The number of alkyl halides is 3. The lowest BCUT2D eigenvalue weighted by atomic mass is 10.3. The number of carbonyl (C=O) groups is 1. The third-order valence-electron chi connectivity index (χ3n) is 2.74. The second-order valence-corrected chi connectivity index (χ2v) is 4.76. The highest BCUT2D eigenvalue weighted by molar-refractivity contribution is 5.81. The molecule has 0 aromatic heterocycles. The molecule has 0 bridgehead atoms. The van der Waals surface area contributed by atoms with E-state index in [0.717, 1.165) is 5.57 Å². The number of rotatable bonds is 7. The second-order valence-electron chi connectivity index (χ2n) is 4.76. The molecule has 0 aliphatic carbocycles. The topological polar surface area (TPSA) is 41.6 Å². The Morgan fingerprint density at radius 1 is 1.36 bits per heavy atom. The average molecular weight is 316 g/mol. The number of carbonyl (C=O) groups excluding carboxylic acids is 1. The molecule has 0 aliphatic rings. The summed E-state index contributed by atoms with van der Waals surface area (Å²) in [5.74, 6) is -0.599. The van der Waals surface area contributed by atoms with Crippen molar-refractivity contribution >= 4 is 11.6 Å². The summed E-state index contributed by atoms with van der Waals surface area (Å²) in [5.41, 5.74) is 0.940. The Morgan fingerprint density at radius 3 is 2.55 bits per heavy atom. The first kappa shape index (κ1) is 17.9. The van der Waals surface area contributed by atoms with Gasteiger partial charge in [0.2, 0.25) is 5.91 Å². The number of amides is 1. The first-order valence-corrected chi connectivity index (χ1v) is 6.73. The molecule has 0 saturated carbocycles. The quantitative estimate of drug-likeness (QED) is 0.784. The van der Waals surface area contributed by atoms with Gasteiger partial charge >= 0.3 is 6.36 Å². The van der Waals surface area contributed by atoms with Crippen LogP contribution in [0.1, 0.15) is 13.8 Å². The van der Waals surface area contributed by atoms with E-state index in [-0.39, 0.29) is 23.9 Å². The molecule has 0 atom stereocenters. The maximum absolute atomic E-state index is 12.3. The number of anilines is 1. The maximum Gasteiger partial charge on any atom is 0.573 e. The van der Waals surface area contributed by atoms with Crippen LogP contribution in [0, 0.1) is 0 Å². The van der Waals surface area contributed by atoms with Gasteiger partial charge in [0.15, 0.2) is 5.75 Å². The van der Waals surface area contributed by atoms with Crippen LogP contribution in [-0.2, 0) is 4.79 Å². The van der Waals surface area contributed by atoms with E-state index >= 15 is 0 Å². The minimum Gasteiger partial charge on any atom is -0.404 e. The zero-order chi connectivity index (χ0) is 16.8. The molecule has 1 rings (SSSR count). The summed E-state index contributed by atoms with van der Waals surface area (Å²) in [6, 6.07) is 5.59. The third-order valence-corrected chi connectivity index (χ3v) is 2.74. The molecule has 22 heavy (non-hydrogen) atoms. The molecular weight excluding hydrogens is 297 g/mol. The Kier molecular flexibility index (Phi) is 6.27. The van der Waals surface area contributed by atoms with Crippen molar-refractivity contribution in [3.8, 4) is 5.75 Å². The molecule has 0 saturated heterocycles. The second kappa shape index (κ2) is 7.72. The van der Waals surface area contributed by atoms with E-state index in [0.29, 0.717) is 13.1 Å². The predicted octanol–water partition coefficient (Wildman–Crippen LogP) is 3.42. The van der Waals surface area contributed by atoms with E-state index in [1.54, 1.807) is 17.9 Å². The highest BCUT2D eigenvalue weighted by Crippen LogP contribution is 2.29. The minimum atomic E-state index is -4.78. The predicted molar refractivity (Wildman–Crippen MR) is 78.7 cm³/mol. The first-order valence-electron chi connectivity index (χ1n) is 6.73. The molecule has 0 unspecified atom stereocenters. The fourth-order valence-corrected chi connectivity index (χ4v) is 1.81. The van der Waals surface area contributed by atoms with Gasteiger partial charge < -0.3 is 15.0 Å². The number of halogens is 3. The van der Waals surface area contributed by atoms with Gasteiger partial charge in [0, 0.05) is 13.1 Å². The van der Waals surface area contributed by atoms with Gasteiger partial charge in [-0.25, -0.2) is 0 Å². The van der Waals surface area contributed by atoms with Crippen molar-refractivity contribution in [2.75, 3.05) is 25.0 Å². The van der Waals surface area contributed by atoms with Crippen LogP contribution in [0.2, 0.25) is 0 Å². The van der Waals surface area contributed by atoms with Crippen molar-refractivity contribution in [3.63, 3.8) is 0 Å². The summed E-state index contributed by atoms with van der Waals surface area (Å²) >= 11 is 0. The molecule has 0 radical (unpaired) electrons. The summed E-state index contributed by atoms with van der Waals surface area (Å²) in [5, 5.41) is 2.68. The van der Waals surface area contributed by atoms with Gasteiger partial charge in [0.25, 0.3) is 0 Å². The van der Waals surface area contributed by atoms with Crippen molar-refractivity contribution in [2.24, 2.45) is 0 Å². The van der Waals surface area contributed by atoms with E-state index in [1.807, 2.05) is 6.92 Å². The number of likely N-dealkylation sites (N-methyl/N-ethyl adjacent to an activating group) is 1. The maximum atomic E-state index is 12.3. The highest BCUT2D eigenvalue weighted by atomic mass is 19.4. The summed E-state index contributed by atoms with van der Waals surface area (Å²) in [6.45, 7) is 8.14. The van der Waals surface area contributed by atoms with Gasteiger partial charge in [0.1, 0.15) is 0 Å². The van der Waals surface area contributed by atoms with Crippen LogP contribution in [0.15, 0.2) is 36.4 Å². The Bertz CT molecular complexity index is 530. The summed E-state index contributed by atoms with van der Waals surface area (Å²) in [7, 11) is 0. The highest BCUT2D eigenvalue weighted by Gasteiger charge is 2.32. The zero-order valence-electron chi connectivity index (χ0n) is 12.5. The van der Waals surface area contributed by atoms with Crippen LogP contribution in [0.4, 0.5) is 18.9 Å². The molecular formula is C15H19F3N2O2. The minimum absolute atomic E-state index is 0.111. The van der Waals surface area contributed by atoms with Crippen LogP contribution < -0.4 is 10.1 Å². The molecule has 0 aliphatic heterocycles. The van der Waals surface area contributed by atoms with Gasteiger partial charge in [-0.1, -0.05) is 24.3 Å². The number of benzene rings is 1. The summed E-state index contributed by atoms with van der Waals surface area (Å²) in [4.78, 5) is 13.6. The van der Waals surface area contributed by atoms with Gasteiger partial charge in [-0.15, -0.1) is 13.2 Å². The van der Waals surface area contributed by atoms with Crippen molar-refractivity contribution in [2.45, 2.75) is 20.2 Å². The van der Waals surface area contributed by atoms with Crippen LogP contribution in [0.5, 0.6) is 5.75 Å². The largest absolute Gasteiger partial charge is 0.573 e. The normalized spacial score (nSPS) is 11.0. The van der Waals surface area contributed by atoms with Crippen molar-refractivity contribution < 1.29 is 22.7 Å². The van der Waals surface area contributed by atoms with Crippen molar-refractivity contribution in [1.82, 2.24) is 4.90 Å². The van der Waals surface area contributed by atoms with Gasteiger partial charge in [-0.3, -0.25) is 4.79 Å². The molecule has 1 aromatic rings. The Labute approximate surface area is 127 Å². The Morgan fingerprint density at radius 2 is 2.00 bits per heavy atom. The van der Waals surface area contributed by atoms with Crippen LogP contribution >= 0.6 is 0 Å². The van der Waals surface area contributed by atoms with Crippen LogP contribution in [-0.4, -0.2) is 36.8 Å². The van der Waals surface area contributed by atoms with Gasteiger partial charge in [-0.05, 0) is 26.0 Å². The fraction of sp³-hybridized carbons (Fsp3) is 0.400. The van der Waals surface area contributed by atoms with Crippen molar-refractivity contribution in [3.05, 3.63) is 36.4 Å². The van der Waals surface area contributed by atoms with Crippen molar-refractivity contribution in [1.29, 1.82) is 0 Å². The smallest absolute Gasteiger partial charge is 0.404 e. The summed E-state index contributed by atoms with van der Waals surface area (Å²) < 4.78 is 40.8. The number of hydrogen-bond donors (Lipinski definition) is 1. The number of hydrogen-bond acceptors (Lipinski definition) is 3. The SMILES string of the molecule is C=C(C)CN(CC)C(=O)CNc1ccccc1OC(F)(F)F. The zero-order valence-corrected chi connectivity index (χ0v) is 12.5. The Balaban J connectivity index is 2.71. The molecule has 1 aromatic carbocycles. The molecule has 4 nitrogen and oxygen atoms in total. The van der Waals surface area contributed by atoms with E-state index in [9.17, 15) is 18.0 Å². The fourth-order valence-electron chi connectivity index (χ4n) is 1.81. The molecule has 0 heterocycles. The van der Waals surface area contributed by atoms with E-state index in [4.69, 9.17) is 0 Å². The number of ether oxygens (including phenoxy) is 1. The van der Waals surface area contributed by atoms with E-state index < -0.39 is 6.36 Å². The monoisotopic (exact) mass is 316 g/mol.